The van der Waals surface area contributed by atoms with E-state index in [2.05, 4.69) is 15.4 Å². The maximum atomic E-state index is 12.5. The van der Waals surface area contributed by atoms with Gasteiger partial charge in [-0.1, -0.05) is 17.3 Å². The number of aromatic nitrogens is 2. The summed E-state index contributed by atoms with van der Waals surface area (Å²) in [6, 6.07) is 12.1. The highest BCUT2D eigenvalue weighted by molar-refractivity contribution is 7.09. The Morgan fingerprint density at radius 2 is 1.75 bits per heavy atom. The first-order valence-electron chi connectivity index (χ1n) is 8.23. The molecule has 0 atom stereocenters. The first kappa shape index (κ1) is 19.8. The van der Waals surface area contributed by atoms with Crippen molar-refractivity contribution in [2.75, 3.05) is 0 Å². The zero-order valence-corrected chi connectivity index (χ0v) is 15.6. The van der Waals surface area contributed by atoms with Crippen molar-refractivity contribution in [2.24, 2.45) is 5.16 Å². The van der Waals surface area contributed by atoms with Crippen LogP contribution in [0.25, 0.3) is 0 Å². The van der Waals surface area contributed by atoms with Gasteiger partial charge in [-0.2, -0.15) is 13.2 Å². The van der Waals surface area contributed by atoms with E-state index in [4.69, 9.17) is 9.57 Å². The van der Waals surface area contributed by atoms with E-state index in [1.165, 1.54) is 23.5 Å². The van der Waals surface area contributed by atoms with Crippen LogP contribution in [-0.4, -0.2) is 15.9 Å². The predicted molar refractivity (Wildman–Crippen MR) is 99.1 cm³/mol. The summed E-state index contributed by atoms with van der Waals surface area (Å²) < 4.78 is 43.3. The molecular weight excluding hydrogens is 391 g/mol. The third-order valence-electron chi connectivity index (χ3n) is 3.75. The minimum absolute atomic E-state index is 0.0819. The van der Waals surface area contributed by atoms with Gasteiger partial charge in [-0.15, -0.1) is 21.5 Å². The van der Waals surface area contributed by atoms with Crippen LogP contribution >= 0.6 is 11.3 Å². The minimum atomic E-state index is -4.35. The van der Waals surface area contributed by atoms with Crippen molar-refractivity contribution in [3.05, 3.63) is 75.7 Å². The summed E-state index contributed by atoms with van der Waals surface area (Å²) >= 11 is 1.42. The third kappa shape index (κ3) is 5.53. The molecule has 0 radical (unpaired) electrons. The van der Waals surface area contributed by atoms with Crippen LogP contribution in [0.3, 0.4) is 0 Å². The van der Waals surface area contributed by atoms with Crippen molar-refractivity contribution >= 4 is 17.0 Å². The number of rotatable bonds is 7. The van der Waals surface area contributed by atoms with Crippen LogP contribution < -0.4 is 4.74 Å². The molecule has 0 unspecified atom stereocenters. The van der Waals surface area contributed by atoms with Gasteiger partial charge in [0.1, 0.15) is 24.5 Å². The van der Waals surface area contributed by atoms with E-state index in [1.54, 1.807) is 12.4 Å². The lowest BCUT2D eigenvalue weighted by molar-refractivity contribution is -0.137. The molecule has 0 saturated carbocycles. The Balaban J connectivity index is 1.51. The van der Waals surface area contributed by atoms with Crippen LogP contribution in [-0.2, 0) is 24.2 Å². The molecule has 0 N–H and O–H groups in total. The van der Waals surface area contributed by atoms with Gasteiger partial charge in [-0.3, -0.25) is 0 Å². The quantitative estimate of drug-likeness (QED) is 0.405. The van der Waals surface area contributed by atoms with Gasteiger partial charge in [0.05, 0.1) is 11.3 Å². The summed E-state index contributed by atoms with van der Waals surface area (Å²) in [7, 11) is 0. The van der Waals surface area contributed by atoms with Crippen LogP contribution in [0.4, 0.5) is 13.2 Å². The highest BCUT2D eigenvalue weighted by Gasteiger charge is 2.29. The second-order valence-corrected chi connectivity index (χ2v) is 6.71. The molecule has 0 aliphatic rings. The largest absolute Gasteiger partial charge is 0.486 e. The highest BCUT2D eigenvalue weighted by Crippen LogP contribution is 2.29. The van der Waals surface area contributed by atoms with Gasteiger partial charge in [-0.25, -0.2) is 0 Å². The third-order valence-corrected chi connectivity index (χ3v) is 4.42. The molecule has 0 saturated heterocycles. The van der Waals surface area contributed by atoms with Crippen molar-refractivity contribution in [1.82, 2.24) is 10.2 Å². The zero-order chi connectivity index (χ0) is 20.0. The van der Waals surface area contributed by atoms with Gasteiger partial charge in [0, 0.05) is 0 Å². The zero-order valence-electron chi connectivity index (χ0n) is 14.8. The normalized spacial score (nSPS) is 12.1. The van der Waals surface area contributed by atoms with Gasteiger partial charge in [-0.05, 0) is 54.4 Å². The molecule has 2 aromatic carbocycles. The van der Waals surface area contributed by atoms with Crippen molar-refractivity contribution in [3.63, 3.8) is 0 Å². The number of halogens is 3. The van der Waals surface area contributed by atoms with Crippen LogP contribution in [0.15, 0.2) is 59.2 Å². The predicted octanol–water partition coefficient (Wildman–Crippen LogP) is 5.08. The Morgan fingerprint density at radius 1 is 1.04 bits per heavy atom. The number of alkyl halides is 3. The molecule has 3 aromatic rings. The highest BCUT2D eigenvalue weighted by atomic mass is 32.1. The van der Waals surface area contributed by atoms with E-state index >= 15 is 0 Å². The molecule has 0 aliphatic carbocycles. The lowest BCUT2D eigenvalue weighted by Gasteiger charge is -2.08. The molecule has 5 nitrogen and oxygen atoms in total. The van der Waals surface area contributed by atoms with E-state index in [9.17, 15) is 13.2 Å². The molecule has 28 heavy (non-hydrogen) atoms. The van der Waals surface area contributed by atoms with Crippen molar-refractivity contribution in [1.29, 1.82) is 0 Å². The SMILES string of the molecule is CC(=NOCc1ccc(C(F)(F)F)cc1)c1ccc(OCc2nncs2)cc1. The molecule has 1 heterocycles. The molecule has 146 valence electrons. The number of hydrogen-bond acceptors (Lipinski definition) is 6. The summed E-state index contributed by atoms with van der Waals surface area (Å²) in [5, 5.41) is 12.5. The van der Waals surface area contributed by atoms with E-state index in [-0.39, 0.29) is 6.61 Å². The Morgan fingerprint density at radius 3 is 2.36 bits per heavy atom. The summed E-state index contributed by atoms with van der Waals surface area (Å²) in [6.07, 6.45) is -4.35. The number of nitrogens with zero attached hydrogens (tertiary/aromatic N) is 3. The van der Waals surface area contributed by atoms with E-state index in [0.29, 0.717) is 23.6 Å². The molecule has 3 rings (SSSR count). The second kappa shape index (κ2) is 8.83. The van der Waals surface area contributed by atoms with Gasteiger partial charge >= 0.3 is 6.18 Å². The first-order chi connectivity index (χ1) is 13.4. The van der Waals surface area contributed by atoms with Crippen molar-refractivity contribution < 1.29 is 22.7 Å². The summed E-state index contributed by atoms with van der Waals surface area (Å²) in [6.45, 7) is 2.22. The van der Waals surface area contributed by atoms with Crippen LogP contribution in [0.1, 0.15) is 28.6 Å². The summed E-state index contributed by atoms with van der Waals surface area (Å²) in [4.78, 5) is 5.25. The summed E-state index contributed by atoms with van der Waals surface area (Å²) in [5.41, 5.74) is 3.04. The molecule has 0 aliphatic heterocycles. The molecule has 9 heteroatoms. The average Bonchev–Trinajstić information content (AvgIpc) is 3.20. The molecule has 0 amide bonds. The van der Waals surface area contributed by atoms with Crippen LogP contribution in [0.5, 0.6) is 5.75 Å². The Kier molecular flexibility index (Phi) is 6.25. The second-order valence-electron chi connectivity index (χ2n) is 5.79. The Labute approximate surface area is 163 Å². The van der Waals surface area contributed by atoms with E-state index < -0.39 is 11.7 Å². The maximum Gasteiger partial charge on any atom is 0.416 e. The average molecular weight is 407 g/mol. The molecular formula is C19H16F3N3O2S. The standard InChI is InChI=1S/C19H16F3N3O2S/c1-13(25-27-10-14-2-6-16(7-3-14)19(20,21)22)15-4-8-17(9-5-15)26-11-18-24-23-12-28-18/h2-9,12H,10-11H2,1H3. The Bertz CT molecular complexity index is 909. The minimum Gasteiger partial charge on any atom is -0.486 e. The number of ether oxygens (including phenoxy) is 1. The fourth-order valence-electron chi connectivity index (χ4n) is 2.24. The lowest BCUT2D eigenvalue weighted by Crippen LogP contribution is -2.04. The fourth-order valence-corrected chi connectivity index (χ4v) is 2.68. The van der Waals surface area contributed by atoms with E-state index in [1.807, 2.05) is 24.3 Å². The van der Waals surface area contributed by atoms with E-state index in [0.717, 1.165) is 22.7 Å². The molecule has 1 aromatic heterocycles. The van der Waals surface area contributed by atoms with Crippen LogP contribution in [0, 0.1) is 0 Å². The number of oxime groups is 1. The smallest absolute Gasteiger partial charge is 0.416 e. The Hall–Kier alpha value is -2.94. The van der Waals surface area contributed by atoms with Gasteiger partial charge in [0.15, 0.2) is 5.01 Å². The lowest BCUT2D eigenvalue weighted by atomic mass is 10.1. The fraction of sp³-hybridized carbons (Fsp3) is 0.211. The molecule has 0 bridgehead atoms. The number of benzene rings is 2. The number of hydrogen-bond donors (Lipinski definition) is 0. The summed E-state index contributed by atoms with van der Waals surface area (Å²) in [5.74, 6) is 0.692. The van der Waals surface area contributed by atoms with Gasteiger partial charge < -0.3 is 9.57 Å². The monoisotopic (exact) mass is 407 g/mol. The van der Waals surface area contributed by atoms with Gasteiger partial charge in [0.25, 0.3) is 0 Å². The molecule has 0 spiro atoms. The van der Waals surface area contributed by atoms with Crippen molar-refractivity contribution in [2.45, 2.75) is 26.3 Å². The first-order valence-corrected chi connectivity index (χ1v) is 9.11. The van der Waals surface area contributed by atoms with Crippen LogP contribution in [0.2, 0.25) is 0 Å². The van der Waals surface area contributed by atoms with Gasteiger partial charge in [0.2, 0.25) is 0 Å². The molecule has 0 fully saturated rings. The maximum absolute atomic E-state index is 12.5. The van der Waals surface area contributed by atoms with Crippen molar-refractivity contribution in [3.8, 4) is 5.75 Å². The topological polar surface area (TPSA) is 56.6 Å².